The Labute approximate surface area is 162 Å². The molecule has 0 aliphatic rings. The molecule has 3 heterocycles. The van der Waals surface area contributed by atoms with Gasteiger partial charge in [0.15, 0.2) is 21.5 Å². The predicted molar refractivity (Wildman–Crippen MR) is 104 cm³/mol. The van der Waals surface area contributed by atoms with Gasteiger partial charge in [0.2, 0.25) is 10.0 Å². The number of sulfonamides is 1. The summed E-state index contributed by atoms with van der Waals surface area (Å²) in [6, 6.07) is 7.90. The van der Waals surface area contributed by atoms with Crippen LogP contribution in [0.2, 0.25) is 0 Å². The summed E-state index contributed by atoms with van der Waals surface area (Å²) in [4.78, 5) is 8.36. The van der Waals surface area contributed by atoms with Gasteiger partial charge < -0.3 is 4.57 Å². The van der Waals surface area contributed by atoms with Crippen molar-refractivity contribution >= 4 is 25.7 Å². The van der Waals surface area contributed by atoms with E-state index in [9.17, 15) is 16.8 Å². The Morgan fingerprint density at radius 3 is 2.36 bits per heavy atom. The zero-order chi connectivity index (χ0) is 20.5. The molecule has 0 fully saturated rings. The lowest BCUT2D eigenvalue weighted by Gasteiger charge is -2.11. The first kappa shape index (κ1) is 19.9. The lowest BCUT2D eigenvalue weighted by molar-refractivity contribution is 0.597. The Kier molecular flexibility index (Phi) is 5.17. The average molecular weight is 422 g/mol. The third kappa shape index (κ3) is 4.02. The molecule has 0 spiro atoms. The first-order chi connectivity index (χ1) is 13.1. The molecular weight excluding hydrogens is 404 g/mol. The average Bonchev–Trinajstić information content (AvgIpc) is 3.02. The summed E-state index contributed by atoms with van der Waals surface area (Å²) in [6.45, 7) is 1.51. The molecule has 0 unspecified atom stereocenters. The van der Waals surface area contributed by atoms with E-state index >= 15 is 0 Å². The first-order valence-electron chi connectivity index (χ1n) is 8.15. The van der Waals surface area contributed by atoms with Crippen LogP contribution in [0.4, 0.5) is 5.82 Å². The molecule has 0 atom stereocenters. The lowest BCUT2D eigenvalue weighted by atomic mass is 10.3. The second-order valence-electron chi connectivity index (χ2n) is 5.94. The third-order valence-corrected chi connectivity index (χ3v) is 6.18. The van der Waals surface area contributed by atoms with Gasteiger partial charge in [-0.05, 0) is 24.3 Å². The van der Waals surface area contributed by atoms with Gasteiger partial charge in [-0.1, -0.05) is 13.0 Å². The molecule has 3 rings (SSSR count). The van der Waals surface area contributed by atoms with Crippen LogP contribution in [0.1, 0.15) is 6.92 Å². The van der Waals surface area contributed by atoms with Crippen LogP contribution in [0.3, 0.4) is 0 Å². The highest BCUT2D eigenvalue weighted by Crippen LogP contribution is 2.28. The van der Waals surface area contributed by atoms with Crippen LogP contribution in [0.5, 0.6) is 0 Å². The summed E-state index contributed by atoms with van der Waals surface area (Å²) in [5.41, 5.74) is 0.557. The minimum atomic E-state index is -3.65. The van der Waals surface area contributed by atoms with E-state index < -0.39 is 19.9 Å². The molecule has 10 nitrogen and oxygen atoms in total. The molecule has 1 N–H and O–H groups in total. The number of pyridine rings is 2. The van der Waals surface area contributed by atoms with Gasteiger partial charge in [0.1, 0.15) is 17.2 Å². The van der Waals surface area contributed by atoms with Crippen molar-refractivity contribution in [3.05, 3.63) is 36.5 Å². The van der Waals surface area contributed by atoms with Crippen molar-refractivity contribution in [2.24, 2.45) is 7.05 Å². The van der Waals surface area contributed by atoms with Crippen molar-refractivity contribution in [2.45, 2.75) is 11.8 Å². The summed E-state index contributed by atoms with van der Waals surface area (Å²) in [5.74, 6) is 0.421. The number of anilines is 1. The van der Waals surface area contributed by atoms with Gasteiger partial charge in [0, 0.05) is 13.2 Å². The molecule has 0 aliphatic carbocycles. The zero-order valence-electron chi connectivity index (χ0n) is 15.4. The molecule has 28 heavy (non-hydrogen) atoms. The molecule has 3 aromatic heterocycles. The van der Waals surface area contributed by atoms with Crippen LogP contribution < -0.4 is 4.72 Å². The van der Waals surface area contributed by atoms with Crippen molar-refractivity contribution in [1.29, 1.82) is 0 Å². The summed E-state index contributed by atoms with van der Waals surface area (Å²) < 4.78 is 51.9. The number of nitrogens with zero attached hydrogens (tertiary/aromatic N) is 5. The van der Waals surface area contributed by atoms with Crippen LogP contribution in [-0.4, -0.2) is 53.6 Å². The van der Waals surface area contributed by atoms with Crippen LogP contribution in [0.15, 0.2) is 41.4 Å². The topological polar surface area (TPSA) is 137 Å². The van der Waals surface area contributed by atoms with E-state index in [2.05, 4.69) is 24.9 Å². The van der Waals surface area contributed by atoms with Gasteiger partial charge in [0.25, 0.3) is 0 Å². The fourth-order valence-electron chi connectivity index (χ4n) is 2.51. The Bertz CT molecular complexity index is 1220. The fourth-order valence-corrected chi connectivity index (χ4v) is 4.02. The Hall–Kier alpha value is -2.86. The van der Waals surface area contributed by atoms with Crippen molar-refractivity contribution in [3.63, 3.8) is 0 Å². The Morgan fingerprint density at radius 1 is 1.04 bits per heavy atom. The molecule has 0 saturated heterocycles. The number of hydrogen-bond donors (Lipinski definition) is 1. The normalized spacial score (nSPS) is 12.1. The molecule has 0 radical (unpaired) electrons. The number of nitrogens with one attached hydrogen (secondary N) is 1. The maximum atomic E-state index is 12.5. The van der Waals surface area contributed by atoms with E-state index in [1.165, 1.54) is 19.1 Å². The summed E-state index contributed by atoms with van der Waals surface area (Å²) in [5, 5.41) is 8.17. The molecule has 0 aromatic carbocycles. The SMILES string of the molecule is CCS(=O)(=O)c1ccc(NS(C)(=O)=O)nc1-c1nnc(-c2ccccn2)n1C. The standard InChI is InChI=1S/C16H18N6O4S2/c1-4-28(25,26)12-8-9-13(21-27(3,23)24)18-14(12)16-20-19-15(22(16)2)11-7-5-6-10-17-11/h5-10H,4H2,1-3H3,(H,18,21). The van der Waals surface area contributed by atoms with Gasteiger partial charge in [0.05, 0.1) is 16.9 Å². The number of rotatable bonds is 6. The highest BCUT2D eigenvalue weighted by molar-refractivity contribution is 7.92. The van der Waals surface area contributed by atoms with Crippen LogP contribution >= 0.6 is 0 Å². The second-order valence-corrected chi connectivity index (χ2v) is 9.94. The highest BCUT2D eigenvalue weighted by Gasteiger charge is 2.24. The minimum Gasteiger partial charge on any atom is -0.307 e. The van der Waals surface area contributed by atoms with Gasteiger partial charge in [-0.3, -0.25) is 9.71 Å². The largest absolute Gasteiger partial charge is 0.307 e. The molecule has 148 valence electrons. The van der Waals surface area contributed by atoms with Gasteiger partial charge in [-0.2, -0.15) is 0 Å². The van der Waals surface area contributed by atoms with E-state index in [-0.39, 0.29) is 28.0 Å². The van der Waals surface area contributed by atoms with E-state index in [1.54, 1.807) is 36.0 Å². The Balaban J connectivity index is 2.22. The smallest absolute Gasteiger partial charge is 0.230 e. The van der Waals surface area contributed by atoms with E-state index in [0.29, 0.717) is 11.5 Å². The van der Waals surface area contributed by atoms with Crippen molar-refractivity contribution < 1.29 is 16.8 Å². The summed E-state index contributed by atoms with van der Waals surface area (Å²) >= 11 is 0. The monoisotopic (exact) mass is 422 g/mol. The number of sulfone groups is 1. The van der Waals surface area contributed by atoms with E-state index in [0.717, 1.165) is 6.26 Å². The molecule has 0 amide bonds. The molecule has 0 aliphatic heterocycles. The zero-order valence-corrected chi connectivity index (χ0v) is 17.0. The van der Waals surface area contributed by atoms with Gasteiger partial charge in [-0.25, -0.2) is 21.8 Å². The van der Waals surface area contributed by atoms with Gasteiger partial charge >= 0.3 is 0 Å². The maximum Gasteiger partial charge on any atom is 0.230 e. The molecular formula is C16H18N6O4S2. The summed E-state index contributed by atoms with van der Waals surface area (Å²) in [6.07, 6.45) is 2.58. The third-order valence-electron chi connectivity index (χ3n) is 3.84. The van der Waals surface area contributed by atoms with Crippen LogP contribution in [0.25, 0.3) is 23.0 Å². The quantitative estimate of drug-likeness (QED) is 0.623. The number of aromatic nitrogens is 5. The van der Waals surface area contributed by atoms with E-state index in [4.69, 9.17) is 0 Å². The van der Waals surface area contributed by atoms with Crippen LogP contribution in [0, 0.1) is 0 Å². The van der Waals surface area contributed by atoms with Crippen LogP contribution in [-0.2, 0) is 26.9 Å². The second kappa shape index (κ2) is 7.28. The highest BCUT2D eigenvalue weighted by atomic mass is 32.2. The molecule has 0 bridgehead atoms. The Morgan fingerprint density at radius 2 is 1.75 bits per heavy atom. The van der Waals surface area contributed by atoms with Crippen molar-refractivity contribution in [1.82, 2.24) is 24.7 Å². The maximum absolute atomic E-state index is 12.5. The fraction of sp³-hybridized carbons (Fsp3) is 0.250. The number of hydrogen-bond acceptors (Lipinski definition) is 8. The predicted octanol–water partition coefficient (Wildman–Crippen LogP) is 1.10. The first-order valence-corrected chi connectivity index (χ1v) is 11.7. The molecule has 12 heteroatoms. The van der Waals surface area contributed by atoms with E-state index in [1.807, 2.05) is 0 Å². The molecule has 3 aromatic rings. The van der Waals surface area contributed by atoms with Gasteiger partial charge in [-0.15, -0.1) is 10.2 Å². The van der Waals surface area contributed by atoms with Crippen molar-refractivity contribution in [2.75, 3.05) is 16.7 Å². The summed E-state index contributed by atoms with van der Waals surface area (Å²) in [7, 11) is -5.59. The van der Waals surface area contributed by atoms with Crippen molar-refractivity contribution in [3.8, 4) is 23.0 Å². The minimum absolute atomic E-state index is 0.00711. The molecule has 0 saturated carbocycles. The lowest BCUT2D eigenvalue weighted by Crippen LogP contribution is -2.14.